The quantitative estimate of drug-likeness (QED) is 0.561. The molecule has 0 aliphatic rings. The molecule has 0 spiro atoms. The summed E-state index contributed by atoms with van der Waals surface area (Å²) >= 11 is 4.08. The van der Waals surface area contributed by atoms with Crippen molar-refractivity contribution in [3.8, 4) is 0 Å². The van der Waals surface area contributed by atoms with E-state index in [4.69, 9.17) is 10.2 Å². The zero-order chi connectivity index (χ0) is 11.8. The van der Waals surface area contributed by atoms with Crippen molar-refractivity contribution >= 4 is 24.6 Å². The van der Waals surface area contributed by atoms with Crippen molar-refractivity contribution in [3.05, 3.63) is 0 Å². The average Bonchev–Trinajstić information content (AvgIpc) is 2.11. The van der Waals surface area contributed by atoms with Gasteiger partial charge in [0, 0.05) is 6.42 Å². The Bertz CT molecular complexity index is 217. The minimum atomic E-state index is -0.942. The SMILES string of the molecule is CC(CCS)CC(CCC(=O)O)C(=O)O. The van der Waals surface area contributed by atoms with Gasteiger partial charge in [-0.2, -0.15) is 12.6 Å². The highest BCUT2D eigenvalue weighted by atomic mass is 32.1. The summed E-state index contributed by atoms with van der Waals surface area (Å²) in [6.45, 7) is 1.97. The lowest BCUT2D eigenvalue weighted by molar-refractivity contribution is -0.143. The number of carbonyl (C=O) groups is 2. The summed E-state index contributed by atoms with van der Waals surface area (Å²) in [7, 11) is 0. The molecule has 2 atom stereocenters. The smallest absolute Gasteiger partial charge is 0.306 e. The maximum atomic E-state index is 10.8. The topological polar surface area (TPSA) is 74.6 Å². The van der Waals surface area contributed by atoms with Gasteiger partial charge in [0.25, 0.3) is 0 Å². The minimum Gasteiger partial charge on any atom is -0.481 e. The van der Waals surface area contributed by atoms with Crippen LogP contribution in [0.1, 0.15) is 32.6 Å². The lowest BCUT2D eigenvalue weighted by atomic mass is 9.90. The molecule has 2 N–H and O–H groups in total. The van der Waals surface area contributed by atoms with E-state index in [0.29, 0.717) is 6.42 Å². The van der Waals surface area contributed by atoms with E-state index in [1.165, 1.54) is 0 Å². The maximum absolute atomic E-state index is 10.8. The van der Waals surface area contributed by atoms with Crippen LogP contribution in [0.2, 0.25) is 0 Å². The van der Waals surface area contributed by atoms with Gasteiger partial charge in [-0.15, -0.1) is 0 Å². The van der Waals surface area contributed by atoms with Crippen molar-refractivity contribution in [1.82, 2.24) is 0 Å². The molecule has 0 radical (unpaired) electrons. The van der Waals surface area contributed by atoms with Gasteiger partial charge >= 0.3 is 11.9 Å². The third kappa shape index (κ3) is 7.25. The van der Waals surface area contributed by atoms with Crippen LogP contribution in [-0.2, 0) is 9.59 Å². The first-order valence-electron chi connectivity index (χ1n) is 5.02. The van der Waals surface area contributed by atoms with Gasteiger partial charge in [0.2, 0.25) is 0 Å². The molecule has 0 bridgehead atoms. The molecule has 0 fully saturated rings. The molecule has 2 unspecified atom stereocenters. The molecule has 88 valence electrons. The molecular weight excluding hydrogens is 216 g/mol. The molecule has 0 rings (SSSR count). The molecule has 0 saturated heterocycles. The second-order valence-corrected chi connectivity index (χ2v) is 4.27. The Morgan fingerprint density at radius 3 is 2.27 bits per heavy atom. The van der Waals surface area contributed by atoms with Crippen molar-refractivity contribution < 1.29 is 19.8 Å². The summed E-state index contributed by atoms with van der Waals surface area (Å²) in [4.78, 5) is 21.2. The molecule has 0 amide bonds. The monoisotopic (exact) mass is 234 g/mol. The van der Waals surface area contributed by atoms with Crippen LogP contribution in [0.25, 0.3) is 0 Å². The summed E-state index contributed by atoms with van der Waals surface area (Å²) < 4.78 is 0. The molecule has 0 aromatic rings. The van der Waals surface area contributed by atoms with Crippen molar-refractivity contribution in [2.24, 2.45) is 11.8 Å². The fourth-order valence-corrected chi connectivity index (χ4v) is 1.90. The van der Waals surface area contributed by atoms with Crippen molar-refractivity contribution in [3.63, 3.8) is 0 Å². The Balaban J connectivity index is 4.04. The fourth-order valence-electron chi connectivity index (χ4n) is 1.46. The first kappa shape index (κ1) is 14.3. The molecule has 0 heterocycles. The standard InChI is InChI=1S/C10H18O4S/c1-7(4-5-15)6-8(10(13)14)2-3-9(11)12/h7-8,15H,2-6H2,1H3,(H,11,12)(H,13,14). The van der Waals surface area contributed by atoms with Crippen LogP contribution in [0.15, 0.2) is 0 Å². The van der Waals surface area contributed by atoms with Crippen LogP contribution in [0.5, 0.6) is 0 Å². The normalized spacial score (nSPS) is 14.5. The highest BCUT2D eigenvalue weighted by molar-refractivity contribution is 7.80. The van der Waals surface area contributed by atoms with Crippen LogP contribution in [0.4, 0.5) is 0 Å². The largest absolute Gasteiger partial charge is 0.481 e. The molecule has 0 aromatic carbocycles. The van der Waals surface area contributed by atoms with Crippen LogP contribution >= 0.6 is 12.6 Å². The molecule has 0 saturated carbocycles. The summed E-state index contributed by atoms with van der Waals surface area (Å²) in [5.41, 5.74) is 0. The van der Waals surface area contributed by atoms with Gasteiger partial charge in [-0.1, -0.05) is 6.92 Å². The van der Waals surface area contributed by atoms with Crippen LogP contribution in [0.3, 0.4) is 0 Å². The Morgan fingerprint density at radius 1 is 1.27 bits per heavy atom. The molecule has 0 aromatic heterocycles. The summed E-state index contributed by atoms with van der Waals surface area (Å²) in [5.74, 6) is -1.38. The number of hydrogen-bond donors (Lipinski definition) is 3. The van der Waals surface area contributed by atoms with Gasteiger partial charge in [-0.25, -0.2) is 0 Å². The number of rotatable bonds is 8. The highest BCUT2D eigenvalue weighted by Gasteiger charge is 2.20. The molecular formula is C10H18O4S. The number of hydrogen-bond acceptors (Lipinski definition) is 3. The third-order valence-corrected chi connectivity index (χ3v) is 2.62. The number of carboxylic acids is 2. The minimum absolute atomic E-state index is 0.0788. The lowest BCUT2D eigenvalue weighted by Gasteiger charge is -2.15. The van der Waals surface area contributed by atoms with Crippen LogP contribution in [0, 0.1) is 11.8 Å². The fraction of sp³-hybridized carbons (Fsp3) is 0.800. The van der Waals surface area contributed by atoms with E-state index in [1.54, 1.807) is 0 Å². The summed E-state index contributed by atoms with van der Waals surface area (Å²) in [5, 5.41) is 17.4. The first-order chi connectivity index (χ1) is 6.97. The Hall–Kier alpha value is -0.710. The van der Waals surface area contributed by atoms with E-state index in [-0.39, 0.29) is 18.8 Å². The first-order valence-corrected chi connectivity index (χ1v) is 5.66. The lowest BCUT2D eigenvalue weighted by Crippen LogP contribution is -2.18. The van der Waals surface area contributed by atoms with Gasteiger partial charge in [0.15, 0.2) is 0 Å². The summed E-state index contributed by atoms with van der Waals surface area (Å²) in [6, 6.07) is 0. The van der Waals surface area contributed by atoms with Gasteiger partial charge < -0.3 is 10.2 Å². The molecule has 0 aliphatic heterocycles. The number of aliphatic carboxylic acids is 2. The molecule has 15 heavy (non-hydrogen) atoms. The van der Waals surface area contributed by atoms with E-state index >= 15 is 0 Å². The van der Waals surface area contributed by atoms with Crippen molar-refractivity contribution in [1.29, 1.82) is 0 Å². The van der Waals surface area contributed by atoms with Gasteiger partial charge in [0.05, 0.1) is 5.92 Å². The van der Waals surface area contributed by atoms with Gasteiger partial charge in [-0.05, 0) is 30.9 Å². The molecule has 4 nitrogen and oxygen atoms in total. The van der Waals surface area contributed by atoms with E-state index < -0.39 is 17.9 Å². The van der Waals surface area contributed by atoms with E-state index in [1.807, 2.05) is 6.92 Å². The zero-order valence-electron chi connectivity index (χ0n) is 8.85. The Kier molecular flexibility index (Phi) is 7.21. The zero-order valence-corrected chi connectivity index (χ0v) is 9.74. The van der Waals surface area contributed by atoms with Gasteiger partial charge in [-0.3, -0.25) is 9.59 Å². The molecule has 0 aliphatic carbocycles. The maximum Gasteiger partial charge on any atom is 0.306 e. The van der Waals surface area contributed by atoms with Crippen molar-refractivity contribution in [2.45, 2.75) is 32.6 Å². The Morgan fingerprint density at radius 2 is 1.87 bits per heavy atom. The van der Waals surface area contributed by atoms with E-state index in [0.717, 1.165) is 12.2 Å². The van der Waals surface area contributed by atoms with E-state index in [9.17, 15) is 9.59 Å². The Labute approximate surface area is 95.1 Å². The second kappa shape index (κ2) is 7.56. The predicted molar refractivity (Wildman–Crippen MR) is 60.2 cm³/mol. The summed E-state index contributed by atoms with van der Waals surface area (Å²) in [6.07, 6.45) is 1.52. The van der Waals surface area contributed by atoms with Gasteiger partial charge in [0.1, 0.15) is 0 Å². The predicted octanol–water partition coefficient (Wildman–Crippen LogP) is 1.90. The molecule has 5 heteroatoms. The van der Waals surface area contributed by atoms with Crippen LogP contribution in [-0.4, -0.2) is 27.9 Å². The van der Waals surface area contributed by atoms with Crippen LogP contribution < -0.4 is 0 Å². The third-order valence-electron chi connectivity index (χ3n) is 2.36. The number of carboxylic acid groups (broad SMARTS) is 2. The highest BCUT2D eigenvalue weighted by Crippen LogP contribution is 2.20. The second-order valence-electron chi connectivity index (χ2n) is 3.82. The number of thiol groups is 1. The van der Waals surface area contributed by atoms with E-state index in [2.05, 4.69) is 12.6 Å². The average molecular weight is 234 g/mol. The van der Waals surface area contributed by atoms with Crippen molar-refractivity contribution in [2.75, 3.05) is 5.75 Å².